The lowest BCUT2D eigenvalue weighted by atomic mass is 10.4. The SMILES string of the molecule is CCCOc1cccnc1NCc1cnc(C)s1. The monoisotopic (exact) mass is 263 g/mol. The van der Waals surface area contributed by atoms with Gasteiger partial charge in [0.1, 0.15) is 0 Å². The van der Waals surface area contributed by atoms with Gasteiger partial charge in [0.05, 0.1) is 18.2 Å². The summed E-state index contributed by atoms with van der Waals surface area (Å²) in [6.07, 6.45) is 4.64. The zero-order chi connectivity index (χ0) is 12.8. The third kappa shape index (κ3) is 3.43. The summed E-state index contributed by atoms with van der Waals surface area (Å²) < 4.78 is 5.64. The first kappa shape index (κ1) is 12.8. The Kier molecular flexibility index (Phi) is 4.52. The maximum Gasteiger partial charge on any atom is 0.169 e. The molecule has 0 saturated carbocycles. The molecule has 0 aliphatic heterocycles. The van der Waals surface area contributed by atoms with Gasteiger partial charge in [-0.1, -0.05) is 6.92 Å². The normalized spacial score (nSPS) is 10.3. The predicted octanol–water partition coefficient (Wildman–Crippen LogP) is 3.25. The maximum atomic E-state index is 5.64. The molecule has 18 heavy (non-hydrogen) atoms. The van der Waals surface area contributed by atoms with Crippen molar-refractivity contribution in [3.8, 4) is 5.75 Å². The molecule has 2 heterocycles. The number of anilines is 1. The van der Waals surface area contributed by atoms with Gasteiger partial charge in [-0.05, 0) is 25.5 Å². The zero-order valence-electron chi connectivity index (χ0n) is 10.6. The summed E-state index contributed by atoms with van der Waals surface area (Å²) in [7, 11) is 0. The minimum Gasteiger partial charge on any atom is -0.490 e. The first-order chi connectivity index (χ1) is 8.79. The fourth-order valence-electron chi connectivity index (χ4n) is 1.51. The average molecular weight is 263 g/mol. The van der Waals surface area contributed by atoms with Crippen molar-refractivity contribution in [1.82, 2.24) is 9.97 Å². The molecule has 0 unspecified atom stereocenters. The lowest BCUT2D eigenvalue weighted by molar-refractivity contribution is 0.318. The third-order valence-electron chi connectivity index (χ3n) is 2.33. The number of nitrogens with one attached hydrogen (secondary N) is 1. The van der Waals surface area contributed by atoms with Gasteiger partial charge < -0.3 is 10.1 Å². The van der Waals surface area contributed by atoms with Crippen LogP contribution in [0.15, 0.2) is 24.5 Å². The van der Waals surface area contributed by atoms with Crippen LogP contribution in [0.1, 0.15) is 23.2 Å². The van der Waals surface area contributed by atoms with Gasteiger partial charge in [-0.15, -0.1) is 11.3 Å². The molecule has 2 rings (SSSR count). The molecule has 0 radical (unpaired) electrons. The van der Waals surface area contributed by atoms with Crippen molar-refractivity contribution in [2.75, 3.05) is 11.9 Å². The number of rotatable bonds is 6. The van der Waals surface area contributed by atoms with Crippen molar-refractivity contribution in [1.29, 1.82) is 0 Å². The van der Waals surface area contributed by atoms with Crippen molar-refractivity contribution in [2.24, 2.45) is 0 Å². The Morgan fingerprint density at radius 1 is 1.39 bits per heavy atom. The minimum atomic E-state index is 0.708. The molecule has 0 fully saturated rings. The quantitative estimate of drug-likeness (QED) is 0.869. The molecule has 0 aliphatic carbocycles. The van der Waals surface area contributed by atoms with Gasteiger partial charge in [0.25, 0.3) is 0 Å². The lowest BCUT2D eigenvalue weighted by Crippen LogP contribution is -2.04. The average Bonchev–Trinajstić information content (AvgIpc) is 2.81. The fraction of sp³-hybridized carbons (Fsp3) is 0.385. The van der Waals surface area contributed by atoms with Crippen LogP contribution in [0, 0.1) is 6.92 Å². The van der Waals surface area contributed by atoms with Crippen molar-refractivity contribution in [3.05, 3.63) is 34.4 Å². The van der Waals surface area contributed by atoms with E-state index < -0.39 is 0 Å². The molecule has 0 atom stereocenters. The smallest absolute Gasteiger partial charge is 0.169 e. The lowest BCUT2D eigenvalue weighted by Gasteiger charge is -2.10. The summed E-state index contributed by atoms with van der Waals surface area (Å²) in [6, 6.07) is 3.82. The van der Waals surface area contributed by atoms with Crippen LogP contribution in [0.3, 0.4) is 0 Å². The molecule has 4 nitrogen and oxygen atoms in total. The Morgan fingerprint density at radius 3 is 3.00 bits per heavy atom. The molecule has 1 N–H and O–H groups in total. The Hall–Kier alpha value is -1.62. The van der Waals surface area contributed by atoms with E-state index in [9.17, 15) is 0 Å². The Morgan fingerprint density at radius 2 is 2.28 bits per heavy atom. The molecular weight excluding hydrogens is 246 g/mol. The number of ether oxygens (including phenoxy) is 1. The van der Waals surface area contributed by atoms with E-state index in [2.05, 4.69) is 22.2 Å². The van der Waals surface area contributed by atoms with Gasteiger partial charge >= 0.3 is 0 Å². The summed E-state index contributed by atoms with van der Waals surface area (Å²) in [5.41, 5.74) is 0. The van der Waals surface area contributed by atoms with E-state index in [0.717, 1.165) is 29.5 Å². The highest BCUT2D eigenvalue weighted by atomic mass is 32.1. The molecule has 0 saturated heterocycles. The van der Waals surface area contributed by atoms with E-state index >= 15 is 0 Å². The van der Waals surface area contributed by atoms with Crippen molar-refractivity contribution >= 4 is 17.2 Å². The summed E-state index contributed by atoms with van der Waals surface area (Å²) in [5.74, 6) is 1.59. The molecule has 2 aromatic heterocycles. The van der Waals surface area contributed by atoms with Gasteiger partial charge in [0.15, 0.2) is 11.6 Å². The highest BCUT2D eigenvalue weighted by Crippen LogP contribution is 2.22. The number of pyridine rings is 1. The topological polar surface area (TPSA) is 47.0 Å². The van der Waals surface area contributed by atoms with Crippen LogP contribution in [-0.2, 0) is 6.54 Å². The van der Waals surface area contributed by atoms with Crippen LogP contribution in [0.5, 0.6) is 5.75 Å². The fourth-order valence-corrected chi connectivity index (χ4v) is 2.24. The van der Waals surface area contributed by atoms with E-state index in [4.69, 9.17) is 4.74 Å². The van der Waals surface area contributed by atoms with E-state index in [1.807, 2.05) is 25.3 Å². The van der Waals surface area contributed by atoms with Gasteiger partial charge in [-0.25, -0.2) is 9.97 Å². The zero-order valence-corrected chi connectivity index (χ0v) is 11.5. The number of hydrogen-bond acceptors (Lipinski definition) is 5. The maximum absolute atomic E-state index is 5.64. The Bertz CT molecular complexity index is 498. The van der Waals surface area contributed by atoms with Gasteiger partial charge in [-0.3, -0.25) is 0 Å². The highest BCUT2D eigenvalue weighted by molar-refractivity contribution is 7.11. The van der Waals surface area contributed by atoms with E-state index in [0.29, 0.717) is 6.61 Å². The largest absolute Gasteiger partial charge is 0.490 e. The molecule has 0 spiro atoms. The number of aromatic nitrogens is 2. The summed E-state index contributed by atoms with van der Waals surface area (Å²) in [6.45, 7) is 5.53. The third-order valence-corrected chi connectivity index (χ3v) is 3.24. The van der Waals surface area contributed by atoms with Crippen LogP contribution in [-0.4, -0.2) is 16.6 Å². The Labute approximate surface area is 111 Å². The van der Waals surface area contributed by atoms with E-state index in [1.54, 1.807) is 17.5 Å². The van der Waals surface area contributed by atoms with E-state index in [-0.39, 0.29) is 0 Å². The van der Waals surface area contributed by atoms with E-state index in [1.165, 1.54) is 4.88 Å². The number of aryl methyl sites for hydroxylation is 1. The van der Waals surface area contributed by atoms with Gasteiger partial charge in [0, 0.05) is 17.3 Å². The summed E-state index contributed by atoms with van der Waals surface area (Å²) >= 11 is 1.69. The van der Waals surface area contributed by atoms with Gasteiger partial charge in [-0.2, -0.15) is 0 Å². The van der Waals surface area contributed by atoms with Crippen molar-refractivity contribution < 1.29 is 4.74 Å². The molecule has 0 amide bonds. The van der Waals surface area contributed by atoms with Crippen molar-refractivity contribution in [3.63, 3.8) is 0 Å². The van der Waals surface area contributed by atoms with Crippen LogP contribution in [0.4, 0.5) is 5.82 Å². The van der Waals surface area contributed by atoms with Crippen LogP contribution < -0.4 is 10.1 Å². The van der Waals surface area contributed by atoms with Crippen LogP contribution in [0.25, 0.3) is 0 Å². The highest BCUT2D eigenvalue weighted by Gasteiger charge is 2.05. The molecule has 0 aromatic carbocycles. The molecule has 0 aliphatic rings. The second-order valence-corrected chi connectivity index (χ2v) is 5.22. The first-order valence-electron chi connectivity index (χ1n) is 6.02. The second-order valence-electron chi connectivity index (χ2n) is 3.90. The Balaban J connectivity index is 1.99. The van der Waals surface area contributed by atoms with Crippen LogP contribution in [0.2, 0.25) is 0 Å². The summed E-state index contributed by atoms with van der Waals surface area (Å²) in [5, 5.41) is 4.37. The molecule has 96 valence electrons. The summed E-state index contributed by atoms with van der Waals surface area (Å²) in [4.78, 5) is 9.72. The minimum absolute atomic E-state index is 0.708. The first-order valence-corrected chi connectivity index (χ1v) is 6.84. The number of thiazole rings is 1. The molecule has 2 aromatic rings. The van der Waals surface area contributed by atoms with Gasteiger partial charge in [0.2, 0.25) is 0 Å². The number of nitrogens with zero attached hydrogens (tertiary/aromatic N) is 2. The molecule has 0 bridgehead atoms. The predicted molar refractivity (Wildman–Crippen MR) is 74.2 cm³/mol. The molecule has 5 heteroatoms. The van der Waals surface area contributed by atoms with Crippen LogP contribution >= 0.6 is 11.3 Å². The molecular formula is C13H17N3OS. The standard InChI is InChI=1S/C13H17N3OS/c1-3-7-17-12-5-4-6-14-13(12)16-9-11-8-15-10(2)18-11/h4-6,8H,3,7,9H2,1-2H3,(H,14,16). The number of hydrogen-bond donors (Lipinski definition) is 1. The second kappa shape index (κ2) is 6.35. The van der Waals surface area contributed by atoms with Crippen molar-refractivity contribution in [2.45, 2.75) is 26.8 Å².